The van der Waals surface area contributed by atoms with E-state index in [0.29, 0.717) is 35.8 Å². The average molecular weight is 300 g/mol. The molecule has 0 heterocycles. The Kier molecular flexibility index (Phi) is 5.36. The van der Waals surface area contributed by atoms with Crippen LogP contribution in [0.2, 0.25) is 5.02 Å². The van der Waals surface area contributed by atoms with Crippen molar-refractivity contribution < 1.29 is 9.53 Å². The molecule has 2 rings (SSSR count). The summed E-state index contributed by atoms with van der Waals surface area (Å²) < 4.78 is 5.53. The van der Waals surface area contributed by atoms with Crippen molar-refractivity contribution in [3.63, 3.8) is 0 Å². The Morgan fingerprint density at radius 3 is 2.62 bits per heavy atom. The van der Waals surface area contributed by atoms with E-state index in [1.54, 1.807) is 18.2 Å². The normalized spacial score (nSPS) is 9.90. The number of nitrogens with zero attached hydrogens (tertiary/aromatic N) is 1. The number of ether oxygens (including phenoxy) is 1. The van der Waals surface area contributed by atoms with Gasteiger partial charge < -0.3 is 4.74 Å². The molecule has 106 valence electrons. The molecule has 21 heavy (non-hydrogen) atoms. The summed E-state index contributed by atoms with van der Waals surface area (Å²) in [6.07, 6.45) is 1.07. The van der Waals surface area contributed by atoms with Crippen molar-refractivity contribution in [1.29, 1.82) is 5.26 Å². The fraction of sp³-hybridized carbons (Fsp3) is 0.176. The van der Waals surface area contributed by atoms with Crippen molar-refractivity contribution in [2.45, 2.75) is 12.8 Å². The van der Waals surface area contributed by atoms with E-state index >= 15 is 0 Å². The maximum Gasteiger partial charge on any atom is 0.163 e. The van der Waals surface area contributed by atoms with E-state index in [-0.39, 0.29) is 5.78 Å². The molecule has 4 heteroatoms. The lowest BCUT2D eigenvalue weighted by Gasteiger charge is -2.06. The van der Waals surface area contributed by atoms with Crippen LogP contribution >= 0.6 is 11.6 Å². The number of halogens is 1. The number of Topliss-reactive ketones (excluding diaryl/α,β-unsaturated/α-hetero) is 1. The predicted molar refractivity (Wildman–Crippen MR) is 81.7 cm³/mol. The zero-order valence-corrected chi connectivity index (χ0v) is 12.1. The first kappa shape index (κ1) is 15.1. The monoisotopic (exact) mass is 299 g/mol. The summed E-state index contributed by atoms with van der Waals surface area (Å²) in [5.74, 6) is 0.711. The fourth-order valence-corrected chi connectivity index (χ4v) is 2.08. The van der Waals surface area contributed by atoms with Crippen LogP contribution in [-0.2, 0) is 0 Å². The SMILES string of the molecule is N#Cc1ccc(OCCCC(=O)c2ccccc2)cc1Cl. The Morgan fingerprint density at radius 2 is 1.95 bits per heavy atom. The smallest absolute Gasteiger partial charge is 0.163 e. The summed E-state index contributed by atoms with van der Waals surface area (Å²) in [7, 11) is 0. The Labute approximate surface area is 128 Å². The van der Waals surface area contributed by atoms with E-state index < -0.39 is 0 Å². The van der Waals surface area contributed by atoms with Crippen molar-refractivity contribution >= 4 is 17.4 Å². The van der Waals surface area contributed by atoms with Crippen LogP contribution in [0.25, 0.3) is 0 Å². The molecular formula is C17H14ClNO2. The quantitative estimate of drug-likeness (QED) is 0.591. The molecule has 0 aliphatic carbocycles. The van der Waals surface area contributed by atoms with Crippen molar-refractivity contribution in [2.24, 2.45) is 0 Å². The van der Waals surface area contributed by atoms with E-state index in [1.165, 1.54) is 0 Å². The highest BCUT2D eigenvalue weighted by molar-refractivity contribution is 6.31. The van der Waals surface area contributed by atoms with E-state index in [9.17, 15) is 4.79 Å². The van der Waals surface area contributed by atoms with Crippen molar-refractivity contribution in [3.05, 3.63) is 64.7 Å². The molecule has 0 amide bonds. The Balaban J connectivity index is 1.79. The number of hydrogen-bond donors (Lipinski definition) is 0. The first-order valence-electron chi connectivity index (χ1n) is 6.61. The summed E-state index contributed by atoms with van der Waals surface area (Å²) >= 11 is 5.92. The van der Waals surface area contributed by atoms with Crippen LogP contribution in [0.15, 0.2) is 48.5 Å². The van der Waals surface area contributed by atoms with E-state index in [4.69, 9.17) is 21.6 Å². The third-order valence-electron chi connectivity index (χ3n) is 2.97. The van der Waals surface area contributed by atoms with Gasteiger partial charge in [-0.05, 0) is 18.6 Å². The van der Waals surface area contributed by atoms with Gasteiger partial charge in [0.15, 0.2) is 5.78 Å². The van der Waals surface area contributed by atoms with Crippen LogP contribution in [0.4, 0.5) is 0 Å². The second-order valence-corrected chi connectivity index (χ2v) is 4.90. The largest absolute Gasteiger partial charge is 0.494 e. The molecule has 0 aliphatic rings. The molecule has 0 N–H and O–H groups in total. The van der Waals surface area contributed by atoms with Gasteiger partial charge in [0.2, 0.25) is 0 Å². The summed E-state index contributed by atoms with van der Waals surface area (Å²) in [6, 6.07) is 16.1. The molecule has 2 aromatic carbocycles. The number of benzene rings is 2. The molecule has 0 saturated heterocycles. The van der Waals surface area contributed by atoms with Gasteiger partial charge in [0.25, 0.3) is 0 Å². The minimum Gasteiger partial charge on any atom is -0.494 e. The number of rotatable bonds is 6. The number of carbonyl (C=O) groups is 1. The van der Waals surface area contributed by atoms with Gasteiger partial charge in [-0.1, -0.05) is 41.9 Å². The van der Waals surface area contributed by atoms with Gasteiger partial charge >= 0.3 is 0 Å². The molecule has 0 spiro atoms. The van der Waals surface area contributed by atoms with Crippen LogP contribution in [0.3, 0.4) is 0 Å². The molecule has 0 aliphatic heterocycles. The Bertz CT molecular complexity index is 662. The van der Waals surface area contributed by atoms with Gasteiger partial charge in [0.05, 0.1) is 17.2 Å². The lowest BCUT2D eigenvalue weighted by Crippen LogP contribution is -2.03. The maximum atomic E-state index is 11.9. The zero-order valence-electron chi connectivity index (χ0n) is 11.4. The molecule has 0 atom stereocenters. The zero-order chi connectivity index (χ0) is 15.1. The Hall–Kier alpha value is -2.31. The second kappa shape index (κ2) is 7.47. The topological polar surface area (TPSA) is 50.1 Å². The van der Waals surface area contributed by atoms with Crippen molar-refractivity contribution in [2.75, 3.05) is 6.61 Å². The maximum absolute atomic E-state index is 11.9. The fourth-order valence-electron chi connectivity index (χ4n) is 1.87. The first-order chi connectivity index (χ1) is 10.2. The molecule has 0 fully saturated rings. The molecule has 0 saturated carbocycles. The van der Waals surface area contributed by atoms with E-state index in [2.05, 4.69) is 0 Å². The highest BCUT2D eigenvalue weighted by Gasteiger charge is 2.05. The van der Waals surface area contributed by atoms with Gasteiger partial charge in [-0.3, -0.25) is 4.79 Å². The number of ketones is 1. The van der Waals surface area contributed by atoms with Crippen LogP contribution in [0.5, 0.6) is 5.75 Å². The summed E-state index contributed by atoms with van der Waals surface area (Å²) in [6.45, 7) is 0.431. The lowest BCUT2D eigenvalue weighted by atomic mass is 10.1. The summed E-state index contributed by atoms with van der Waals surface area (Å²) in [5, 5.41) is 9.15. The number of carbonyl (C=O) groups excluding carboxylic acids is 1. The third-order valence-corrected chi connectivity index (χ3v) is 3.29. The van der Waals surface area contributed by atoms with Crippen molar-refractivity contribution in [1.82, 2.24) is 0 Å². The predicted octanol–water partition coefficient (Wildman–Crippen LogP) is 4.25. The highest BCUT2D eigenvalue weighted by atomic mass is 35.5. The van der Waals surface area contributed by atoms with Gasteiger partial charge in [-0.25, -0.2) is 0 Å². The highest BCUT2D eigenvalue weighted by Crippen LogP contribution is 2.22. The van der Waals surface area contributed by atoms with Gasteiger partial charge in [-0.2, -0.15) is 5.26 Å². The Morgan fingerprint density at radius 1 is 1.19 bits per heavy atom. The molecule has 0 aromatic heterocycles. The summed E-state index contributed by atoms with van der Waals surface area (Å²) in [5.41, 5.74) is 1.14. The molecule has 3 nitrogen and oxygen atoms in total. The third kappa shape index (κ3) is 4.34. The average Bonchev–Trinajstić information content (AvgIpc) is 2.52. The molecule has 0 radical (unpaired) electrons. The molecule has 0 bridgehead atoms. The standard InChI is InChI=1S/C17H14ClNO2/c18-16-11-15(9-8-14(16)12-19)21-10-4-7-17(20)13-5-2-1-3-6-13/h1-3,5-6,8-9,11H,4,7,10H2. The minimum atomic E-state index is 0.108. The van der Waals surface area contributed by atoms with Crippen LogP contribution in [-0.4, -0.2) is 12.4 Å². The molecule has 0 unspecified atom stereocenters. The first-order valence-corrected chi connectivity index (χ1v) is 6.99. The second-order valence-electron chi connectivity index (χ2n) is 4.49. The van der Waals surface area contributed by atoms with Gasteiger partial charge in [0, 0.05) is 18.1 Å². The number of nitriles is 1. The van der Waals surface area contributed by atoms with E-state index in [0.717, 1.165) is 5.56 Å². The number of hydrogen-bond acceptors (Lipinski definition) is 3. The minimum absolute atomic E-state index is 0.108. The van der Waals surface area contributed by atoms with Crippen LogP contribution in [0.1, 0.15) is 28.8 Å². The van der Waals surface area contributed by atoms with Crippen LogP contribution in [0, 0.1) is 11.3 Å². The summed E-state index contributed by atoms with van der Waals surface area (Å²) in [4.78, 5) is 11.9. The molecular weight excluding hydrogens is 286 g/mol. The van der Waals surface area contributed by atoms with Crippen molar-refractivity contribution in [3.8, 4) is 11.8 Å². The van der Waals surface area contributed by atoms with Crippen LogP contribution < -0.4 is 4.74 Å². The molecule has 2 aromatic rings. The van der Waals surface area contributed by atoms with E-state index in [1.807, 2.05) is 36.4 Å². The lowest BCUT2D eigenvalue weighted by molar-refractivity contribution is 0.0973. The van der Waals surface area contributed by atoms with Gasteiger partial charge in [0.1, 0.15) is 11.8 Å². The van der Waals surface area contributed by atoms with Gasteiger partial charge in [-0.15, -0.1) is 0 Å².